The van der Waals surface area contributed by atoms with Gasteiger partial charge in [-0.15, -0.1) is 11.3 Å². The van der Waals surface area contributed by atoms with E-state index in [0.717, 1.165) is 0 Å². The molecule has 0 aliphatic rings. The van der Waals surface area contributed by atoms with Gasteiger partial charge in [-0.3, -0.25) is 0 Å². The predicted octanol–water partition coefficient (Wildman–Crippen LogP) is 5.24. The second-order valence-corrected chi connectivity index (χ2v) is 4.89. The van der Waals surface area contributed by atoms with Gasteiger partial charge in [-0.2, -0.15) is 0 Å². The first-order chi connectivity index (χ1) is 6.88. The quantitative estimate of drug-likeness (QED) is 0.622. The Morgan fingerprint density at radius 2 is 2.21 bits per heavy atom. The van der Waals surface area contributed by atoms with Crippen molar-refractivity contribution < 1.29 is 0 Å². The van der Waals surface area contributed by atoms with Crippen LogP contribution < -0.4 is 0 Å². The Bertz CT molecular complexity index is 276. The van der Waals surface area contributed by atoms with Crippen LogP contribution in [-0.2, 0) is 6.42 Å². The number of rotatable bonds is 6. The molecule has 0 saturated carbocycles. The minimum absolute atomic E-state index is 1.23. The Morgan fingerprint density at radius 3 is 2.93 bits per heavy atom. The molecule has 2 heteroatoms. The fourth-order valence-electron chi connectivity index (χ4n) is 1.50. The van der Waals surface area contributed by atoms with E-state index < -0.39 is 0 Å². The van der Waals surface area contributed by atoms with E-state index in [1.54, 1.807) is 0 Å². The first-order valence-electron chi connectivity index (χ1n) is 5.21. The maximum Gasteiger partial charge on any atom is 0.0307 e. The van der Waals surface area contributed by atoms with Crippen LogP contribution in [0.1, 0.15) is 43.0 Å². The Morgan fingerprint density at radius 1 is 1.36 bits per heavy atom. The standard InChI is InChI=1S/C12H17BrS/c1-2-3-4-5-6-11-8-10-14-12(11)7-9-13/h7-10H,2-6H2,1H3/b9-7+. The lowest BCUT2D eigenvalue weighted by molar-refractivity contribution is 0.667. The summed E-state index contributed by atoms with van der Waals surface area (Å²) in [7, 11) is 0. The maximum atomic E-state index is 3.32. The third-order valence-corrected chi connectivity index (χ3v) is 3.48. The van der Waals surface area contributed by atoms with Crippen LogP contribution in [0.15, 0.2) is 16.4 Å². The molecule has 0 nitrogen and oxygen atoms in total. The van der Waals surface area contributed by atoms with Crippen molar-refractivity contribution in [1.29, 1.82) is 0 Å². The molecular formula is C12H17BrS. The largest absolute Gasteiger partial charge is 0.144 e. The van der Waals surface area contributed by atoms with Crippen LogP contribution in [0.25, 0.3) is 6.08 Å². The van der Waals surface area contributed by atoms with E-state index in [2.05, 4.69) is 40.4 Å². The molecule has 0 spiro atoms. The predicted molar refractivity (Wildman–Crippen MR) is 70.1 cm³/mol. The topological polar surface area (TPSA) is 0 Å². The maximum absolute atomic E-state index is 3.32. The molecule has 78 valence electrons. The highest BCUT2D eigenvalue weighted by Crippen LogP contribution is 2.21. The fourth-order valence-corrected chi connectivity index (χ4v) is 2.79. The summed E-state index contributed by atoms with van der Waals surface area (Å²) in [6.45, 7) is 2.25. The second-order valence-electron chi connectivity index (χ2n) is 3.41. The smallest absolute Gasteiger partial charge is 0.0307 e. The SMILES string of the molecule is CCCCCCc1ccsc1/C=C/Br. The zero-order valence-electron chi connectivity index (χ0n) is 8.63. The van der Waals surface area contributed by atoms with Crippen LogP contribution in [0.3, 0.4) is 0 Å². The first kappa shape index (κ1) is 12.0. The highest BCUT2D eigenvalue weighted by Gasteiger charge is 2.00. The van der Waals surface area contributed by atoms with Crippen molar-refractivity contribution in [2.24, 2.45) is 0 Å². The van der Waals surface area contributed by atoms with Crippen LogP contribution in [0.4, 0.5) is 0 Å². The lowest BCUT2D eigenvalue weighted by Gasteiger charge is -1.99. The summed E-state index contributed by atoms with van der Waals surface area (Å²) in [5, 5.41) is 2.18. The van der Waals surface area contributed by atoms with Crippen molar-refractivity contribution in [1.82, 2.24) is 0 Å². The lowest BCUT2D eigenvalue weighted by atomic mass is 10.1. The molecular weight excluding hydrogens is 256 g/mol. The zero-order valence-corrected chi connectivity index (χ0v) is 11.0. The van der Waals surface area contributed by atoms with E-state index in [0.29, 0.717) is 0 Å². The van der Waals surface area contributed by atoms with Gasteiger partial charge in [0.2, 0.25) is 0 Å². The number of aryl methyl sites for hydroxylation is 1. The van der Waals surface area contributed by atoms with E-state index in [-0.39, 0.29) is 0 Å². The minimum atomic E-state index is 1.23. The van der Waals surface area contributed by atoms with Crippen molar-refractivity contribution in [3.63, 3.8) is 0 Å². The zero-order chi connectivity index (χ0) is 10.2. The fraction of sp³-hybridized carbons (Fsp3) is 0.500. The molecule has 1 rings (SSSR count). The molecule has 0 radical (unpaired) electrons. The minimum Gasteiger partial charge on any atom is -0.144 e. The molecule has 1 aromatic heterocycles. The van der Waals surface area contributed by atoms with E-state index in [1.165, 1.54) is 42.5 Å². The Hall–Kier alpha value is -0.0800. The highest BCUT2D eigenvalue weighted by atomic mass is 79.9. The van der Waals surface area contributed by atoms with E-state index >= 15 is 0 Å². The highest BCUT2D eigenvalue weighted by molar-refractivity contribution is 9.11. The van der Waals surface area contributed by atoms with Crippen LogP contribution in [0.2, 0.25) is 0 Å². The van der Waals surface area contributed by atoms with Crippen LogP contribution in [0, 0.1) is 0 Å². The van der Waals surface area contributed by atoms with Gasteiger partial charge in [0.05, 0.1) is 0 Å². The summed E-state index contributed by atoms with van der Waals surface area (Å²) < 4.78 is 0. The average molecular weight is 273 g/mol. The monoisotopic (exact) mass is 272 g/mol. The van der Waals surface area contributed by atoms with Crippen molar-refractivity contribution >= 4 is 33.3 Å². The summed E-state index contributed by atoms with van der Waals surface area (Å²) in [4.78, 5) is 3.34. The molecule has 0 atom stereocenters. The van der Waals surface area contributed by atoms with Gasteiger partial charge in [0.15, 0.2) is 0 Å². The normalized spacial score (nSPS) is 11.3. The molecule has 0 fully saturated rings. The average Bonchev–Trinajstić information content (AvgIpc) is 2.61. The molecule has 1 heterocycles. The van der Waals surface area contributed by atoms with Gasteiger partial charge < -0.3 is 0 Å². The van der Waals surface area contributed by atoms with Crippen molar-refractivity contribution in [3.05, 3.63) is 26.9 Å². The molecule has 0 aromatic carbocycles. The summed E-state index contributed by atoms with van der Waals surface area (Å²) in [5.74, 6) is 0. The van der Waals surface area contributed by atoms with E-state index in [4.69, 9.17) is 0 Å². The Kier molecular flexibility index (Phi) is 6.20. The molecule has 0 N–H and O–H groups in total. The number of halogens is 1. The molecule has 0 aliphatic carbocycles. The van der Waals surface area contributed by atoms with Gasteiger partial charge in [0.1, 0.15) is 0 Å². The molecule has 1 aromatic rings. The van der Waals surface area contributed by atoms with E-state index in [9.17, 15) is 0 Å². The van der Waals surface area contributed by atoms with Crippen LogP contribution >= 0.6 is 27.3 Å². The summed E-state index contributed by atoms with van der Waals surface area (Å²) in [6, 6.07) is 2.25. The summed E-state index contributed by atoms with van der Waals surface area (Å²) >= 11 is 5.15. The molecule has 0 unspecified atom stereocenters. The molecule has 0 bridgehead atoms. The van der Waals surface area contributed by atoms with Crippen molar-refractivity contribution in [3.8, 4) is 0 Å². The van der Waals surface area contributed by atoms with Crippen LogP contribution in [0.5, 0.6) is 0 Å². The second kappa shape index (κ2) is 7.24. The van der Waals surface area contributed by atoms with E-state index in [1.807, 2.05) is 16.3 Å². The van der Waals surface area contributed by atoms with Gasteiger partial charge in [0.25, 0.3) is 0 Å². The lowest BCUT2D eigenvalue weighted by Crippen LogP contribution is -1.84. The number of unbranched alkanes of at least 4 members (excludes halogenated alkanes) is 3. The third-order valence-electron chi connectivity index (χ3n) is 2.29. The first-order valence-corrected chi connectivity index (χ1v) is 7.01. The number of hydrogen-bond donors (Lipinski definition) is 0. The molecule has 0 amide bonds. The Labute approximate surface area is 99.2 Å². The van der Waals surface area contributed by atoms with Gasteiger partial charge in [0, 0.05) is 4.88 Å². The van der Waals surface area contributed by atoms with Gasteiger partial charge in [-0.25, -0.2) is 0 Å². The number of hydrogen-bond acceptors (Lipinski definition) is 1. The summed E-state index contributed by atoms with van der Waals surface area (Å²) in [6.07, 6.45) is 8.75. The molecule has 0 aliphatic heterocycles. The molecule has 0 saturated heterocycles. The number of thiophene rings is 1. The van der Waals surface area contributed by atoms with Crippen molar-refractivity contribution in [2.75, 3.05) is 0 Å². The van der Waals surface area contributed by atoms with Crippen LogP contribution in [-0.4, -0.2) is 0 Å². The van der Waals surface area contributed by atoms with Crippen molar-refractivity contribution in [2.45, 2.75) is 39.0 Å². The van der Waals surface area contributed by atoms with Gasteiger partial charge in [-0.1, -0.05) is 42.1 Å². The molecule has 14 heavy (non-hydrogen) atoms. The Balaban J connectivity index is 2.38. The van der Waals surface area contributed by atoms with Gasteiger partial charge in [-0.05, 0) is 40.9 Å². The third kappa shape index (κ3) is 3.97. The van der Waals surface area contributed by atoms with Gasteiger partial charge >= 0.3 is 0 Å². The summed E-state index contributed by atoms with van der Waals surface area (Å²) in [5.41, 5.74) is 1.50.